The molecule has 2 atom stereocenters. The van der Waals surface area contributed by atoms with E-state index < -0.39 is 22.7 Å². The first-order chi connectivity index (χ1) is 12.3. The van der Waals surface area contributed by atoms with Gasteiger partial charge >= 0.3 is 0 Å². The van der Waals surface area contributed by atoms with Gasteiger partial charge in [-0.2, -0.15) is 0 Å². The molecule has 2 aromatic rings. The van der Waals surface area contributed by atoms with E-state index in [9.17, 15) is 19.6 Å². The lowest BCUT2D eigenvalue weighted by atomic mass is 9.86. The molecule has 2 N–H and O–H groups in total. The van der Waals surface area contributed by atoms with Gasteiger partial charge in [0.1, 0.15) is 23.3 Å². The number of hydrogen-bond acceptors (Lipinski definition) is 5. The Labute approximate surface area is 150 Å². The molecule has 2 aromatic carbocycles. The molecule has 0 radical (unpaired) electrons. The normalized spacial score (nSPS) is 20.9. The largest absolute Gasteiger partial charge is 0.484 e. The van der Waals surface area contributed by atoms with Crippen LogP contribution < -0.4 is 10.1 Å². The van der Waals surface area contributed by atoms with Crippen molar-refractivity contribution in [3.8, 4) is 5.75 Å². The predicted octanol–water partition coefficient (Wildman–Crippen LogP) is 3.14. The molecule has 0 amide bonds. The third kappa shape index (κ3) is 3.68. The van der Waals surface area contributed by atoms with E-state index in [2.05, 4.69) is 5.32 Å². The number of rotatable bonds is 5. The van der Waals surface area contributed by atoms with E-state index in [-0.39, 0.29) is 11.5 Å². The fourth-order valence-corrected chi connectivity index (χ4v) is 3.14. The molecular weight excluding hydrogens is 339 g/mol. The summed E-state index contributed by atoms with van der Waals surface area (Å²) in [5, 5.41) is 25.0. The Hall–Kier alpha value is -2.51. The smallest absolute Gasteiger partial charge is 0.273 e. The molecule has 1 aliphatic heterocycles. The summed E-state index contributed by atoms with van der Waals surface area (Å²) < 4.78 is 18.8. The molecule has 0 spiro atoms. The summed E-state index contributed by atoms with van der Waals surface area (Å²) >= 11 is 0. The van der Waals surface area contributed by atoms with Crippen LogP contribution in [0.3, 0.4) is 0 Å². The molecular formula is C19H21FN2O4. The highest BCUT2D eigenvalue weighted by Gasteiger charge is 2.43. The summed E-state index contributed by atoms with van der Waals surface area (Å²) in [7, 11) is 0. The maximum absolute atomic E-state index is 13.0. The molecule has 0 aliphatic carbocycles. The second kappa shape index (κ2) is 7.01. The summed E-state index contributed by atoms with van der Waals surface area (Å²) in [6.45, 7) is 4.04. The zero-order valence-corrected chi connectivity index (χ0v) is 14.6. The van der Waals surface area contributed by atoms with Crippen molar-refractivity contribution in [3.63, 3.8) is 0 Å². The zero-order chi connectivity index (χ0) is 18.9. The van der Waals surface area contributed by atoms with Crippen molar-refractivity contribution in [2.45, 2.75) is 38.0 Å². The molecule has 0 saturated carbocycles. The molecule has 0 bridgehead atoms. The predicted molar refractivity (Wildman–Crippen MR) is 94.7 cm³/mol. The van der Waals surface area contributed by atoms with Gasteiger partial charge in [0.15, 0.2) is 0 Å². The Bertz CT molecular complexity index is 808. The van der Waals surface area contributed by atoms with Crippen LogP contribution >= 0.6 is 0 Å². The highest BCUT2D eigenvalue weighted by Crippen LogP contribution is 2.41. The number of hydrogen-bond donors (Lipinski definition) is 2. The average molecular weight is 360 g/mol. The molecule has 2 unspecified atom stereocenters. The number of ether oxygens (including phenoxy) is 1. The van der Waals surface area contributed by atoms with Gasteiger partial charge in [-0.3, -0.25) is 10.1 Å². The number of nitro groups is 1. The molecule has 0 fully saturated rings. The highest BCUT2D eigenvalue weighted by molar-refractivity contribution is 5.48. The highest BCUT2D eigenvalue weighted by atomic mass is 19.1. The fraction of sp³-hybridized carbons (Fsp3) is 0.368. The van der Waals surface area contributed by atoms with Crippen molar-refractivity contribution in [2.75, 3.05) is 6.54 Å². The second-order valence-electron chi connectivity index (χ2n) is 6.94. The Morgan fingerprint density at radius 1 is 1.27 bits per heavy atom. The van der Waals surface area contributed by atoms with Gasteiger partial charge in [0.2, 0.25) is 0 Å². The first-order valence-corrected chi connectivity index (χ1v) is 8.41. The lowest BCUT2D eigenvalue weighted by Crippen LogP contribution is -2.52. The number of halogens is 1. The molecule has 3 rings (SSSR count). The standard InChI is InChI=1S/C19H21FN2O4/c1-19(2)18(23)17(21-10-9-12-3-5-13(20)6-4-12)15-8-7-14(22(24)25)11-16(15)26-19/h3-8,11,17-18,21,23H,9-10H2,1-2H3. The van der Waals surface area contributed by atoms with Gasteiger partial charge in [-0.15, -0.1) is 0 Å². The van der Waals surface area contributed by atoms with Gasteiger partial charge in [-0.1, -0.05) is 12.1 Å². The van der Waals surface area contributed by atoms with Gasteiger partial charge < -0.3 is 15.2 Å². The van der Waals surface area contributed by atoms with Crippen LogP contribution in [-0.2, 0) is 6.42 Å². The molecule has 7 heteroatoms. The summed E-state index contributed by atoms with van der Waals surface area (Å²) in [5.41, 5.74) is 0.710. The second-order valence-corrected chi connectivity index (χ2v) is 6.94. The molecule has 1 heterocycles. The van der Waals surface area contributed by atoms with Crippen molar-refractivity contribution in [3.05, 3.63) is 69.5 Å². The third-order valence-electron chi connectivity index (χ3n) is 4.64. The molecule has 26 heavy (non-hydrogen) atoms. The summed E-state index contributed by atoms with van der Waals surface area (Å²) in [4.78, 5) is 10.5. The Morgan fingerprint density at radius 2 is 1.96 bits per heavy atom. The van der Waals surface area contributed by atoms with E-state index in [1.807, 2.05) is 0 Å². The van der Waals surface area contributed by atoms with Gasteiger partial charge in [-0.05, 0) is 50.6 Å². The fourth-order valence-electron chi connectivity index (χ4n) is 3.14. The lowest BCUT2D eigenvalue weighted by Gasteiger charge is -2.42. The number of nitrogens with one attached hydrogen (secondary N) is 1. The molecule has 0 aromatic heterocycles. The monoisotopic (exact) mass is 360 g/mol. The van der Waals surface area contributed by atoms with Gasteiger partial charge in [0.05, 0.1) is 17.0 Å². The van der Waals surface area contributed by atoms with Crippen molar-refractivity contribution in [1.29, 1.82) is 0 Å². The van der Waals surface area contributed by atoms with Gasteiger partial charge in [0, 0.05) is 11.6 Å². The Balaban J connectivity index is 1.79. The first-order valence-electron chi connectivity index (χ1n) is 8.41. The van der Waals surface area contributed by atoms with Crippen LogP contribution in [0.15, 0.2) is 42.5 Å². The van der Waals surface area contributed by atoms with Crippen LogP contribution in [-0.4, -0.2) is 28.3 Å². The number of nitro benzene ring substituents is 1. The van der Waals surface area contributed by atoms with Crippen LogP contribution in [0.1, 0.15) is 31.0 Å². The van der Waals surface area contributed by atoms with Crippen LogP contribution in [0.5, 0.6) is 5.75 Å². The topological polar surface area (TPSA) is 84.6 Å². The molecule has 6 nitrogen and oxygen atoms in total. The third-order valence-corrected chi connectivity index (χ3v) is 4.64. The van der Waals surface area contributed by atoms with E-state index in [0.29, 0.717) is 24.3 Å². The maximum Gasteiger partial charge on any atom is 0.273 e. The van der Waals surface area contributed by atoms with Crippen molar-refractivity contribution in [1.82, 2.24) is 5.32 Å². The zero-order valence-electron chi connectivity index (χ0n) is 14.6. The minimum Gasteiger partial charge on any atom is -0.484 e. The number of fused-ring (bicyclic) bond motifs is 1. The van der Waals surface area contributed by atoms with Gasteiger partial charge in [0.25, 0.3) is 5.69 Å². The van der Waals surface area contributed by atoms with E-state index in [1.54, 1.807) is 32.0 Å². The first kappa shape index (κ1) is 18.3. The lowest BCUT2D eigenvalue weighted by molar-refractivity contribution is -0.385. The van der Waals surface area contributed by atoms with Crippen LogP contribution in [0.2, 0.25) is 0 Å². The Morgan fingerprint density at radius 3 is 2.62 bits per heavy atom. The number of aliphatic hydroxyl groups excluding tert-OH is 1. The van der Waals surface area contributed by atoms with Crippen LogP contribution in [0.25, 0.3) is 0 Å². The minimum absolute atomic E-state index is 0.0546. The number of benzene rings is 2. The SMILES string of the molecule is CC1(C)Oc2cc([N+](=O)[O-])ccc2C(NCCc2ccc(F)cc2)C1O. The number of aliphatic hydroxyl groups is 1. The van der Waals surface area contributed by atoms with E-state index in [1.165, 1.54) is 24.3 Å². The average Bonchev–Trinajstić information content (AvgIpc) is 2.59. The minimum atomic E-state index is -0.893. The maximum atomic E-state index is 13.0. The molecule has 138 valence electrons. The summed E-state index contributed by atoms with van der Waals surface area (Å²) in [5.74, 6) is 0.118. The summed E-state index contributed by atoms with van der Waals surface area (Å²) in [6.07, 6.45) is -0.169. The van der Waals surface area contributed by atoms with E-state index in [0.717, 1.165) is 5.56 Å². The number of non-ortho nitro benzene ring substituents is 1. The summed E-state index contributed by atoms with van der Waals surface area (Å²) in [6, 6.07) is 10.3. The van der Waals surface area contributed by atoms with Crippen molar-refractivity contribution in [2.24, 2.45) is 0 Å². The van der Waals surface area contributed by atoms with E-state index in [4.69, 9.17) is 4.74 Å². The van der Waals surface area contributed by atoms with Crippen LogP contribution in [0, 0.1) is 15.9 Å². The molecule has 0 saturated heterocycles. The van der Waals surface area contributed by atoms with Crippen LogP contribution in [0.4, 0.5) is 10.1 Å². The molecule has 1 aliphatic rings. The van der Waals surface area contributed by atoms with Gasteiger partial charge in [-0.25, -0.2) is 4.39 Å². The quantitative estimate of drug-likeness (QED) is 0.632. The van der Waals surface area contributed by atoms with Crippen molar-refractivity contribution >= 4 is 5.69 Å². The van der Waals surface area contributed by atoms with Crippen molar-refractivity contribution < 1.29 is 19.2 Å². The Kier molecular flexibility index (Phi) is 4.93. The van der Waals surface area contributed by atoms with E-state index >= 15 is 0 Å². The number of nitrogens with zero attached hydrogens (tertiary/aromatic N) is 1.